The van der Waals surface area contributed by atoms with Gasteiger partial charge in [0.1, 0.15) is 11.4 Å². The number of ketones is 2. The summed E-state index contributed by atoms with van der Waals surface area (Å²) in [6.45, 7) is 1.51. The molecule has 0 amide bonds. The van der Waals surface area contributed by atoms with E-state index in [-0.39, 0.29) is 11.6 Å². The van der Waals surface area contributed by atoms with E-state index in [9.17, 15) is 9.59 Å². The number of allylic oxidation sites excluding steroid dienone is 3. The molecule has 0 saturated heterocycles. The molecule has 0 aromatic carbocycles. The average Bonchev–Trinajstić information content (AvgIpc) is 2.98. The van der Waals surface area contributed by atoms with Crippen molar-refractivity contribution < 1.29 is 9.59 Å². The normalized spacial score (nSPS) is 17.0. The maximum absolute atomic E-state index is 12.3. The Morgan fingerprint density at radius 1 is 1.00 bits per heavy atom. The number of fused-ring (bicyclic) bond motifs is 2. The number of carbonyl (C=O) groups excluding carboxylic acids is 2. The Hall–Kier alpha value is -1.62. The molecule has 0 N–H and O–H groups in total. The molecule has 0 spiro atoms. The molecule has 1 aromatic rings. The molecule has 0 fully saturated rings. The standard InChI is InChI=1S/C17H19BrN2O2/c18-9-3-1-2-4-10-19-12-13-6-5-11-20(13)17-15(22)8-7-14(21)16(17)19/h5-8,11H,1-4,9-10,12H2. The fraction of sp³-hybridized carbons (Fsp3) is 0.412. The third kappa shape index (κ3) is 2.82. The van der Waals surface area contributed by atoms with Crippen LogP contribution < -0.4 is 0 Å². The van der Waals surface area contributed by atoms with Gasteiger partial charge in [-0.1, -0.05) is 28.8 Å². The number of alkyl halides is 1. The zero-order valence-electron chi connectivity index (χ0n) is 12.4. The molecule has 0 bridgehead atoms. The molecule has 5 heteroatoms. The third-order valence-corrected chi connectivity index (χ3v) is 4.69. The summed E-state index contributed by atoms with van der Waals surface area (Å²) in [6, 6.07) is 3.94. The summed E-state index contributed by atoms with van der Waals surface area (Å²) >= 11 is 3.44. The molecule has 1 aliphatic heterocycles. The third-order valence-electron chi connectivity index (χ3n) is 4.13. The Balaban J connectivity index is 1.81. The van der Waals surface area contributed by atoms with Crippen molar-refractivity contribution in [3.8, 4) is 0 Å². The molecule has 0 atom stereocenters. The fourth-order valence-electron chi connectivity index (χ4n) is 3.06. The summed E-state index contributed by atoms with van der Waals surface area (Å²) in [4.78, 5) is 26.6. The lowest BCUT2D eigenvalue weighted by Crippen LogP contribution is -2.37. The van der Waals surface area contributed by atoms with Crippen molar-refractivity contribution in [1.29, 1.82) is 0 Å². The molecule has 3 rings (SSSR count). The van der Waals surface area contributed by atoms with E-state index in [1.165, 1.54) is 25.0 Å². The molecule has 0 saturated carbocycles. The van der Waals surface area contributed by atoms with Crippen LogP contribution in [0.3, 0.4) is 0 Å². The first-order valence-corrected chi connectivity index (χ1v) is 8.83. The molecule has 0 radical (unpaired) electrons. The lowest BCUT2D eigenvalue weighted by Gasteiger charge is -2.34. The first kappa shape index (κ1) is 15.3. The van der Waals surface area contributed by atoms with Crippen molar-refractivity contribution in [3.05, 3.63) is 41.9 Å². The molecule has 1 aliphatic carbocycles. The van der Waals surface area contributed by atoms with Crippen LogP contribution in [-0.2, 0) is 16.1 Å². The Morgan fingerprint density at radius 3 is 2.50 bits per heavy atom. The molecule has 22 heavy (non-hydrogen) atoms. The van der Waals surface area contributed by atoms with E-state index in [0.29, 0.717) is 17.9 Å². The first-order valence-electron chi connectivity index (χ1n) is 7.71. The zero-order valence-corrected chi connectivity index (χ0v) is 14.0. The number of hydrogen-bond acceptors (Lipinski definition) is 3. The number of rotatable bonds is 6. The largest absolute Gasteiger partial charge is 0.361 e. The maximum atomic E-state index is 12.3. The lowest BCUT2D eigenvalue weighted by molar-refractivity contribution is -0.115. The lowest BCUT2D eigenvalue weighted by atomic mass is 10.0. The van der Waals surface area contributed by atoms with Crippen LogP contribution in [0.5, 0.6) is 0 Å². The Labute approximate surface area is 138 Å². The van der Waals surface area contributed by atoms with Gasteiger partial charge in [0.2, 0.25) is 11.6 Å². The molecule has 4 nitrogen and oxygen atoms in total. The number of carbonyl (C=O) groups is 2. The number of halogens is 1. The van der Waals surface area contributed by atoms with Gasteiger partial charge in [0.25, 0.3) is 0 Å². The zero-order chi connectivity index (χ0) is 15.5. The predicted molar refractivity (Wildman–Crippen MR) is 89.5 cm³/mol. The quantitative estimate of drug-likeness (QED) is 0.443. The van der Waals surface area contributed by atoms with Gasteiger partial charge in [-0.3, -0.25) is 9.59 Å². The van der Waals surface area contributed by atoms with E-state index in [1.807, 2.05) is 22.9 Å². The van der Waals surface area contributed by atoms with Gasteiger partial charge in [-0.2, -0.15) is 0 Å². The number of unbranched alkanes of at least 4 members (excludes halogenated alkanes) is 3. The molecular formula is C17H19BrN2O2. The Morgan fingerprint density at radius 2 is 1.73 bits per heavy atom. The highest BCUT2D eigenvalue weighted by molar-refractivity contribution is 9.09. The van der Waals surface area contributed by atoms with E-state index in [0.717, 1.165) is 30.4 Å². The SMILES string of the molecule is O=C1C=CC(=O)C2=C1N(CCCCCCBr)Cc1cccn12. The minimum Gasteiger partial charge on any atom is -0.361 e. The summed E-state index contributed by atoms with van der Waals surface area (Å²) in [5.74, 6) is -0.148. The van der Waals surface area contributed by atoms with E-state index >= 15 is 0 Å². The smallest absolute Gasteiger partial charge is 0.204 e. The maximum Gasteiger partial charge on any atom is 0.204 e. The van der Waals surface area contributed by atoms with E-state index in [4.69, 9.17) is 0 Å². The highest BCUT2D eigenvalue weighted by Crippen LogP contribution is 2.30. The van der Waals surface area contributed by atoms with Crippen molar-refractivity contribution in [1.82, 2.24) is 9.47 Å². The highest BCUT2D eigenvalue weighted by atomic mass is 79.9. The van der Waals surface area contributed by atoms with Gasteiger partial charge >= 0.3 is 0 Å². The van der Waals surface area contributed by atoms with Gasteiger partial charge in [0.15, 0.2) is 0 Å². The number of hydrogen-bond donors (Lipinski definition) is 0. The second-order valence-corrected chi connectivity index (χ2v) is 6.45. The minimum absolute atomic E-state index is 0.0607. The first-order chi connectivity index (χ1) is 10.7. The molecule has 2 aliphatic rings. The second-order valence-electron chi connectivity index (χ2n) is 5.65. The topological polar surface area (TPSA) is 42.3 Å². The van der Waals surface area contributed by atoms with E-state index < -0.39 is 0 Å². The van der Waals surface area contributed by atoms with Crippen LogP contribution in [0.25, 0.3) is 5.70 Å². The van der Waals surface area contributed by atoms with Gasteiger partial charge in [0, 0.05) is 23.8 Å². The van der Waals surface area contributed by atoms with Crippen molar-refractivity contribution in [2.75, 3.05) is 11.9 Å². The molecular weight excluding hydrogens is 344 g/mol. The Kier molecular flexibility index (Phi) is 4.62. The predicted octanol–water partition coefficient (Wildman–Crippen LogP) is 3.14. The summed E-state index contributed by atoms with van der Waals surface area (Å²) in [7, 11) is 0. The Bertz CT molecular complexity index is 657. The molecule has 0 unspecified atom stereocenters. The summed E-state index contributed by atoms with van der Waals surface area (Å²) in [5, 5.41) is 1.04. The van der Waals surface area contributed by atoms with Crippen molar-refractivity contribution in [2.24, 2.45) is 0 Å². The van der Waals surface area contributed by atoms with Gasteiger partial charge in [-0.05, 0) is 37.1 Å². The van der Waals surface area contributed by atoms with Crippen LogP contribution in [0.4, 0.5) is 0 Å². The van der Waals surface area contributed by atoms with Crippen LogP contribution in [0, 0.1) is 0 Å². The van der Waals surface area contributed by atoms with Gasteiger partial charge in [0.05, 0.1) is 6.54 Å². The average molecular weight is 363 g/mol. The van der Waals surface area contributed by atoms with Crippen LogP contribution >= 0.6 is 15.9 Å². The van der Waals surface area contributed by atoms with Crippen LogP contribution in [0.15, 0.2) is 36.2 Å². The molecule has 116 valence electrons. The van der Waals surface area contributed by atoms with Gasteiger partial charge in [-0.15, -0.1) is 0 Å². The van der Waals surface area contributed by atoms with E-state index in [2.05, 4.69) is 20.8 Å². The highest BCUT2D eigenvalue weighted by Gasteiger charge is 2.32. The van der Waals surface area contributed by atoms with Crippen LogP contribution in [0.1, 0.15) is 31.4 Å². The van der Waals surface area contributed by atoms with Gasteiger partial charge < -0.3 is 9.47 Å². The summed E-state index contributed by atoms with van der Waals surface area (Å²) in [6.07, 6.45) is 9.19. The summed E-state index contributed by atoms with van der Waals surface area (Å²) in [5.41, 5.74) is 2.14. The van der Waals surface area contributed by atoms with Crippen LogP contribution in [0.2, 0.25) is 0 Å². The molecule has 2 heterocycles. The van der Waals surface area contributed by atoms with Gasteiger partial charge in [-0.25, -0.2) is 0 Å². The van der Waals surface area contributed by atoms with Crippen molar-refractivity contribution in [3.63, 3.8) is 0 Å². The monoisotopic (exact) mass is 362 g/mol. The van der Waals surface area contributed by atoms with Crippen molar-refractivity contribution >= 4 is 33.2 Å². The van der Waals surface area contributed by atoms with Crippen LogP contribution in [-0.4, -0.2) is 32.9 Å². The molecule has 1 aromatic heterocycles. The summed E-state index contributed by atoms with van der Waals surface area (Å²) < 4.78 is 1.86. The number of aromatic nitrogens is 1. The fourth-order valence-corrected chi connectivity index (χ4v) is 3.46. The van der Waals surface area contributed by atoms with Crippen molar-refractivity contribution in [2.45, 2.75) is 32.2 Å². The second kappa shape index (κ2) is 6.65. The number of nitrogens with zero attached hydrogens (tertiary/aromatic N) is 2. The minimum atomic E-state index is -0.0870. The van der Waals surface area contributed by atoms with E-state index in [1.54, 1.807) is 0 Å².